The van der Waals surface area contributed by atoms with Gasteiger partial charge in [-0.3, -0.25) is 0 Å². The van der Waals surface area contributed by atoms with Crippen LogP contribution in [-0.2, 0) is 11.2 Å². The van der Waals surface area contributed by atoms with Gasteiger partial charge in [-0.1, -0.05) is 39.0 Å². The normalized spacial score (nSPS) is 12.8. The van der Waals surface area contributed by atoms with Crippen molar-refractivity contribution in [1.29, 1.82) is 0 Å². The average molecular weight is 412 g/mol. The van der Waals surface area contributed by atoms with E-state index in [2.05, 4.69) is 51.8 Å². The van der Waals surface area contributed by atoms with Gasteiger partial charge in [-0.25, -0.2) is 0 Å². The Balaban J connectivity index is 2.07. The molecule has 0 amide bonds. The van der Waals surface area contributed by atoms with E-state index in [9.17, 15) is 0 Å². The van der Waals surface area contributed by atoms with Crippen molar-refractivity contribution in [2.45, 2.75) is 64.9 Å². The van der Waals surface area contributed by atoms with Gasteiger partial charge in [-0.2, -0.15) is 0 Å². The maximum atomic E-state index is 5.89. The highest BCUT2D eigenvalue weighted by molar-refractivity contribution is 9.12. The quantitative estimate of drug-likeness (QED) is 0.395. The van der Waals surface area contributed by atoms with Crippen LogP contribution in [0.4, 0.5) is 0 Å². The van der Waals surface area contributed by atoms with Crippen molar-refractivity contribution in [3.05, 3.63) is 19.2 Å². The van der Waals surface area contributed by atoms with Crippen LogP contribution in [0.1, 0.15) is 57.9 Å². The van der Waals surface area contributed by atoms with Crippen LogP contribution in [0.2, 0.25) is 0 Å². The molecule has 0 aliphatic heterocycles. The van der Waals surface area contributed by atoms with Gasteiger partial charge in [-0.15, -0.1) is 11.3 Å². The molecule has 0 bridgehead atoms. The van der Waals surface area contributed by atoms with Crippen LogP contribution in [0, 0.1) is 0 Å². The molecule has 0 radical (unpaired) electrons. The smallest absolute Gasteiger partial charge is 0.0743 e. The Bertz CT molecular complexity index is 352. The first-order chi connectivity index (χ1) is 9.13. The molecule has 0 fully saturated rings. The summed E-state index contributed by atoms with van der Waals surface area (Å²) in [5.41, 5.74) is 1.34. The zero-order chi connectivity index (χ0) is 14.1. The standard InChI is InChI=1S/C15H24Br2OS/c1-3-4-5-6-7-8-12(2)18-10-9-13-11-14(16)19-15(13)17/h11-12H,3-10H2,1-2H3/t12-/m0/s1. The van der Waals surface area contributed by atoms with E-state index >= 15 is 0 Å². The van der Waals surface area contributed by atoms with E-state index in [1.54, 1.807) is 11.3 Å². The first-order valence-electron chi connectivity index (χ1n) is 7.18. The monoisotopic (exact) mass is 410 g/mol. The molecule has 0 aromatic carbocycles. The first-order valence-corrected chi connectivity index (χ1v) is 9.59. The minimum atomic E-state index is 0.391. The summed E-state index contributed by atoms with van der Waals surface area (Å²) in [5.74, 6) is 0. The SMILES string of the molecule is CCCCCCC[C@H](C)OCCc1cc(Br)sc1Br. The largest absolute Gasteiger partial charge is 0.378 e. The van der Waals surface area contributed by atoms with Crippen LogP contribution >= 0.6 is 43.2 Å². The van der Waals surface area contributed by atoms with E-state index < -0.39 is 0 Å². The predicted molar refractivity (Wildman–Crippen MR) is 92.2 cm³/mol. The van der Waals surface area contributed by atoms with E-state index in [1.165, 1.54) is 51.7 Å². The Kier molecular flexibility index (Phi) is 9.64. The van der Waals surface area contributed by atoms with Gasteiger partial charge in [-0.05, 0) is 63.3 Å². The minimum absolute atomic E-state index is 0.391. The summed E-state index contributed by atoms with van der Waals surface area (Å²) in [6, 6.07) is 2.17. The van der Waals surface area contributed by atoms with E-state index in [1.807, 2.05) is 0 Å². The summed E-state index contributed by atoms with van der Waals surface area (Å²) in [5, 5.41) is 0. The van der Waals surface area contributed by atoms with Crippen molar-refractivity contribution >= 4 is 43.2 Å². The second-order valence-corrected chi connectivity index (χ2v) is 8.73. The number of halogens is 2. The molecule has 4 heteroatoms. The first kappa shape index (κ1) is 17.7. The number of unbranched alkanes of at least 4 members (excludes halogenated alkanes) is 4. The van der Waals surface area contributed by atoms with Crippen molar-refractivity contribution in [3.63, 3.8) is 0 Å². The van der Waals surface area contributed by atoms with Gasteiger partial charge >= 0.3 is 0 Å². The molecule has 19 heavy (non-hydrogen) atoms. The Hall–Kier alpha value is 0.620. The summed E-state index contributed by atoms with van der Waals surface area (Å²) in [6.07, 6.45) is 9.29. The third kappa shape index (κ3) is 7.84. The van der Waals surface area contributed by atoms with Crippen LogP contribution in [0.3, 0.4) is 0 Å². The average Bonchev–Trinajstić information content (AvgIpc) is 2.68. The van der Waals surface area contributed by atoms with Crippen molar-refractivity contribution in [3.8, 4) is 0 Å². The summed E-state index contributed by atoms with van der Waals surface area (Å²) in [6.45, 7) is 5.27. The molecule has 0 saturated heterocycles. The molecule has 1 rings (SSSR count). The molecule has 0 unspecified atom stereocenters. The fraction of sp³-hybridized carbons (Fsp3) is 0.733. The van der Waals surface area contributed by atoms with Crippen molar-refractivity contribution in [1.82, 2.24) is 0 Å². The van der Waals surface area contributed by atoms with Crippen molar-refractivity contribution in [2.24, 2.45) is 0 Å². The summed E-state index contributed by atoms with van der Waals surface area (Å²) >= 11 is 8.82. The lowest BCUT2D eigenvalue weighted by atomic mass is 10.1. The summed E-state index contributed by atoms with van der Waals surface area (Å²) in [4.78, 5) is 0. The highest BCUT2D eigenvalue weighted by atomic mass is 79.9. The van der Waals surface area contributed by atoms with Crippen molar-refractivity contribution < 1.29 is 4.74 Å². The van der Waals surface area contributed by atoms with Crippen LogP contribution < -0.4 is 0 Å². The predicted octanol–water partition coefficient (Wildman–Crippen LogP) is 6.58. The minimum Gasteiger partial charge on any atom is -0.378 e. The van der Waals surface area contributed by atoms with Gasteiger partial charge in [0.05, 0.1) is 20.3 Å². The number of ether oxygens (including phenoxy) is 1. The van der Waals surface area contributed by atoms with Gasteiger partial charge in [0, 0.05) is 0 Å². The van der Waals surface area contributed by atoms with Gasteiger partial charge in [0.15, 0.2) is 0 Å². The molecule has 1 heterocycles. The van der Waals surface area contributed by atoms with Crippen molar-refractivity contribution in [2.75, 3.05) is 6.61 Å². The molecule has 1 aromatic heterocycles. The van der Waals surface area contributed by atoms with Crippen LogP contribution in [0.25, 0.3) is 0 Å². The Morgan fingerprint density at radius 2 is 1.95 bits per heavy atom. The highest BCUT2D eigenvalue weighted by Crippen LogP contribution is 2.32. The summed E-state index contributed by atoms with van der Waals surface area (Å²) in [7, 11) is 0. The van der Waals surface area contributed by atoms with Gasteiger partial charge in [0.1, 0.15) is 0 Å². The lowest BCUT2D eigenvalue weighted by Gasteiger charge is -2.12. The zero-order valence-electron chi connectivity index (χ0n) is 11.9. The second kappa shape index (κ2) is 10.4. The molecular formula is C15H24Br2OS. The van der Waals surface area contributed by atoms with E-state index in [-0.39, 0.29) is 0 Å². The van der Waals surface area contributed by atoms with E-state index in [0.29, 0.717) is 6.10 Å². The zero-order valence-corrected chi connectivity index (χ0v) is 15.9. The maximum absolute atomic E-state index is 5.89. The topological polar surface area (TPSA) is 9.23 Å². The Labute approximate surface area is 138 Å². The highest BCUT2D eigenvalue weighted by Gasteiger charge is 2.07. The molecule has 0 saturated carbocycles. The van der Waals surface area contributed by atoms with Crippen LogP contribution in [-0.4, -0.2) is 12.7 Å². The van der Waals surface area contributed by atoms with Crippen LogP contribution in [0.5, 0.6) is 0 Å². The summed E-state index contributed by atoms with van der Waals surface area (Å²) < 4.78 is 8.28. The number of hydrogen-bond donors (Lipinski definition) is 0. The molecule has 0 N–H and O–H groups in total. The van der Waals surface area contributed by atoms with Crippen LogP contribution in [0.15, 0.2) is 13.6 Å². The van der Waals surface area contributed by atoms with E-state index in [4.69, 9.17) is 4.74 Å². The fourth-order valence-electron chi connectivity index (χ4n) is 2.03. The molecule has 1 nitrogen and oxygen atoms in total. The molecule has 0 aliphatic carbocycles. The van der Waals surface area contributed by atoms with E-state index in [0.717, 1.165) is 13.0 Å². The Morgan fingerprint density at radius 1 is 1.21 bits per heavy atom. The van der Waals surface area contributed by atoms with Gasteiger partial charge in [0.2, 0.25) is 0 Å². The molecular weight excluding hydrogens is 388 g/mol. The number of rotatable bonds is 10. The number of thiophene rings is 1. The number of hydrogen-bond acceptors (Lipinski definition) is 2. The lowest BCUT2D eigenvalue weighted by Crippen LogP contribution is -2.10. The fourth-order valence-corrected chi connectivity index (χ4v) is 4.95. The third-order valence-electron chi connectivity index (χ3n) is 3.22. The molecule has 1 aromatic rings. The second-order valence-electron chi connectivity index (χ2n) is 4.98. The maximum Gasteiger partial charge on any atom is 0.0743 e. The molecule has 0 spiro atoms. The molecule has 0 aliphatic rings. The van der Waals surface area contributed by atoms with Gasteiger partial charge in [0.25, 0.3) is 0 Å². The Morgan fingerprint density at radius 3 is 2.58 bits per heavy atom. The lowest BCUT2D eigenvalue weighted by molar-refractivity contribution is 0.0606. The third-order valence-corrected chi connectivity index (χ3v) is 5.68. The molecule has 110 valence electrons. The molecule has 1 atom stereocenters. The van der Waals surface area contributed by atoms with Gasteiger partial charge < -0.3 is 4.74 Å².